The smallest absolute Gasteiger partial charge is 0.256 e. The van der Waals surface area contributed by atoms with E-state index in [1.54, 1.807) is 12.1 Å². The van der Waals surface area contributed by atoms with Gasteiger partial charge >= 0.3 is 0 Å². The first-order valence-corrected chi connectivity index (χ1v) is 7.45. The predicted octanol–water partition coefficient (Wildman–Crippen LogP) is 3.98. The van der Waals surface area contributed by atoms with Gasteiger partial charge in [0.2, 0.25) is 5.91 Å². The van der Waals surface area contributed by atoms with Crippen LogP contribution in [-0.4, -0.2) is 16.6 Å². The van der Waals surface area contributed by atoms with Crippen LogP contribution in [0.2, 0.25) is 5.02 Å². The molecule has 1 heterocycles. The maximum absolute atomic E-state index is 11.9. The average molecular weight is 311 g/mol. The molecule has 2 aromatic rings. The van der Waals surface area contributed by atoms with Crippen LogP contribution in [0.15, 0.2) is 27.8 Å². The van der Waals surface area contributed by atoms with E-state index in [-0.39, 0.29) is 11.7 Å². The molecule has 2 rings (SSSR count). The number of nitrogens with one attached hydrogen (secondary N) is 1. The molecule has 1 aromatic heterocycles. The van der Waals surface area contributed by atoms with Gasteiger partial charge in [0.25, 0.3) is 5.22 Å². The Hall–Kier alpha value is -1.46. The summed E-state index contributed by atoms with van der Waals surface area (Å²) in [6.07, 6.45) is 0. The molecular formula is C14H15ClN2O2S. The molecule has 0 aliphatic rings. The zero-order chi connectivity index (χ0) is 14.7. The Morgan fingerprint density at radius 3 is 2.80 bits per heavy atom. The van der Waals surface area contributed by atoms with E-state index >= 15 is 0 Å². The summed E-state index contributed by atoms with van der Waals surface area (Å²) in [5, 5.41) is 3.94. The summed E-state index contributed by atoms with van der Waals surface area (Å²) in [5.41, 5.74) is 2.54. The molecule has 6 heteroatoms. The van der Waals surface area contributed by atoms with E-state index < -0.39 is 0 Å². The minimum atomic E-state index is -0.117. The Kier molecular flexibility index (Phi) is 4.73. The number of amides is 1. The number of hydrogen-bond donors (Lipinski definition) is 1. The van der Waals surface area contributed by atoms with Crippen LogP contribution in [0.1, 0.15) is 17.0 Å². The van der Waals surface area contributed by atoms with Gasteiger partial charge in [-0.3, -0.25) is 4.79 Å². The number of aryl methyl sites for hydroxylation is 3. The number of anilines is 1. The van der Waals surface area contributed by atoms with Gasteiger partial charge < -0.3 is 9.73 Å². The highest BCUT2D eigenvalue weighted by molar-refractivity contribution is 7.99. The van der Waals surface area contributed by atoms with E-state index in [2.05, 4.69) is 10.3 Å². The Labute approximate surface area is 126 Å². The summed E-state index contributed by atoms with van der Waals surface area (Å²) < 4.78 is 5.41. The Morgan fingerprint density at radius 2 is 2.15 bits per heavy atom. The van der Waals surface area contributed by atoms with E-state index in [1.165, 1.54) is 11.8 Å². The average Bonchev–Trinajstić information content (AvgIpc) is 2.71. The van der Waals surface area contributed by atoms with E-state index in [0.29, 0.717) is 10.2 Å². The highest BCUT2D eigenvalue weighted by atomic mass is 35.5. The zero-order valence-electron chi connectivity index (χ0n) is 11.5. The number of halogens is 1. The second-order valence-corrected chi connectivity index (χ2v) is 5.78. The van der Waals surface area contributed by atoms with E-state index in [9.17, 15) is 4.79 Å². The van der Waals surface area contributed by atoms with Crippen molar-refractivity contribution in [3.8, 4) is 0 Å². The van der Waals surface area contributed by atoms with Crippen molar-refractivity contribution in [1.82, 2.24) is 4.98 Å². The zero-order valence-corrected chi connectivity index (χ0v) is 13.1. The molecule has 106 valence electrons. The van der Waals surface area contributed by atoms with E-state index in [1.807, 2.05) is 26.8 Å². The molecule has 0 radical (unpaired) electrons. The van der Waals surface area contributed by atoms with Gasteiger partial charge in [-0.1, -0.05) is 29.4 Å². The summed E-state index contributed by atoms with van der Waals surface area (Å²) in [4.78, 5) is 16.1. The van der Waals surface area contributed by atoms with Crippen molar-refractivity contribution < 1.29 is 9.21 Å². The lowest BCUT2D eigenvalue weighted by molar-refractivity contribution is -0.113. The van der Waals surface area contributed by atoms with Crippen LogP contribution in [-0.2, 0) is 4.79 Å². The number of aromatic nitrogens is 1. The molecule has 0 bridgehead atoms. The number of carbonyl (C=O) groups is 1. The second-order valence-electron chi connectivity index (χ2n) is 4.42. The largest absolute Gasteiger partial charge is 0.437 e. The van der Waals surface area contributed by atoms with Crippen molar-refractivity contribution in [2.24, 2.45) is 0 Å². The third kappa shape index (κ3) is 3.77. The molecule has 0 spiro atoms. The Bertz CT molecular complexity index is 621. The number of thioether (sulfide) groups is 1. The summed E-state index contributed by atoms with van der Waals surface area (Å²) in [6.45, 7) is 5.64. The lowest BCUT2D eigenvalue weighted by atomic mass is 10.2. The first kappa shape index (κ1) is 14.9. The second kappa shape index (κ2) is 6.33. The number of benzene rings is 1. The maximum Gasteiger partial charge on any atom is 0.256 e. The van der Waals surface area contributed by atoms with Gasteiger partial charge in [-0.2, -0.15) is 0 Å². The van der Waals surface area contributed by atoms with Gasteiger partial charge in [0.05, 0.1) is 11.4 Å². The van der Waals surface area contributed by atoms with Gasteiger partial charge in [-0.25, -0.2) is 4.98 Å². The summed E-state index contributed by atoms with van der Waals surface area (Å²) in [5.74, 6) is 0.901. The van der Waals surface area contributed by atoms with Crippen molar-refractivity contribution in [3.05, 3.63) is 40.2 Å². The van der Waals surface area contributed by atoms with Crippen molar-refractivity contribution >= 4 is 35.0 Å². The first-order chi connectivity index (χ1) is 9.45. The highest BCUT2D eigenvalue weighted by Gasteiger charge is 2.10. The van der Waals surface area contributed by atoms with Crippen LogP contribution < -0.4 is 5.32 Å². The van der Waals surface area contributed by atoms with Crippen LogP contribution in [0, 0.1) is 20.8 Å². The fraction of sp³-hybridized carbons (Fsp3) is 0.286. The third-order valence-electron chi connectivity index (χ3n) is 2.81. The number of hydrogen-bond acceptors (Lipinski definition) is 4. The molecular weight excluding hydrogens is 296 g/mol. The molecule has 0 fully saturated rings. The molecule has 0 saturated carbocycles. The Balaban J connectivity index is 1.94. The predicted molar refractivity (Wildman–Crippen MR) is 81.5 cm³/mol. The van der Waals surface area contributed by atoms with Crippen LogP contribution in [0.4, 0.5) is 5.69 Å². The van der Waals surface area contributed by atoms with Crippen LogP contribution in [0.5, 0.6) is 0 Å². The van der Waals surface area contributed by atoms with Crippen molar-refractivity contribution in [2.45, 2.75) is 26.0 Å². The molecule has 1 N–H and O–H groups in total. The van der Waals surface area contributed by atoms with Crippen LogP contribution in [0.3, 0.4) is 0 Å². The lowest BCUT2D eigenvalue weighted by Gasteiger charge is -2.07. The fourth-order valence-corrected chi connectivity index (χ4v) is 2.43. The summed E-state index contributed by atoms with van der Waals surface area (Å²) in [7, 11) is 0. The van der Waals surface area contributed by atoms with Crippen LogP contribution in [0.25, 0.3) is 0 Å². The number of rotatable bonds is 4. The molecule has 1 aromatic carbocycles. The van der Waals surface area contributed by atoms with Crippen LogP contribution >= 0.6 is 23.4 Å². The van der Waals surface area contributed by atoms with Gasteiger partial charge in [-0.05, 0) is 38.5 Å². The van der Waals surface area contributed by atoms with Crippen molar-refractivity contribution in [1.29, 1.82) is 0 Å². The normalized spacial score (nSPS) is 10.6. The number of carbonyl (C=O) groups excluding carboxylic acids is 1. The fourth-order valence-electron chi connectivity index (χ4n) is 1.55. The topological polar surface area (TPSA) is 55.1 Å². The van der Waals surface area contributed by atoms with Gasteiger partial charge in [0, 0.05) is 10.7 Å². The van der Waals surface area contributed by atoms with Gasteiger partial charge in [0.15, 0.2) is 0 Å². The Morgan fingerprint density at radius 1 is 1.40 bits per heavy atom. The first-order valence-electron chi connectivity index (χ1n) is 6.08. The number of nitrogens with zero attached hydrogens (tertiary/aromatic N) is 1. The third-order valence-corrected chi connectivity index (χ3v) is 3.87. The standard InChI is InChI=1S/C14H15ClN2O2S/c1-8-4-5-11(15)6-12(8)17-13(18)7-20-14-16-9(2)10(3)19-14/h4-6H,7H2,1-3H3,(H,17,18). The van der Waals surface area contributed by atoms with Crippen molar-refractivity contribution in [2.75, 3.05) is 11.1 Å². The molecule has 4 nitrogen and oxygen atoms in total. The molecule has 0 atom stereocenters. The quantitative estimate of drug-likeness (QED) is 0.868. The molecule has 0 unspecified atom stereocenters. The number of oxazole rings is 1. The highest BCUT2D eigenvalue weighted by Crippen LogP contribution is 2.22. The molecule has 0 aliphatic heterocycles. The van der Waals surface area contributed by atoms with Gasteiger partial charge in [-0.15, -0.1) is 0 Å². The monoisotopic (exact) mass is 310 g/mol. The van der Waals surface area contributed by atoms with Crippen molar-refractivity contribution in [3.63, 3.8) is 0 Å². The van der Waals surface area contributed by atoms with E-state index in [0.717, 1.165) is 22.7 Å². The minimum Gasteiger partial charge on any atom is -0.437 e. The maximum atomic E-state index is 11.9. The van der Waals surface area contributed by atoms with E-state index in [4.69, 9.17) is 16.0 Å². The molecule has 1 amide bonds. The molecule has 0 saturated heterocycles. The molecule has 20 heavy (non-hydrogen) atoms. The summed E-state index contributed by atoms with van der Waals surface area (Å²) in [6, 6.07) is 5.39. The molecule has 0 aliphatic carbocycles. The SMILES string of the molecule is Cc1ccc(Cl)cc1NC(=O)CSc1nc(C)c(C)o1. The minimum absolute atomic E-state index is 0.117. The summed E-state index contributed by atoms with van der Waals surface area (Å²) >= 11 is 7.18. The lowest BCUT2D eigenvalue weighted by Crippen LogP contribution is -2.14. The van der Waals surface area contributed by atoms with Gasteiger partial charge in [0.1, 0.15) is 5.76 Å².